The van der Waals surface area contributed by atoms with Gasteiger partial charge in [0.2, 0.25) is 5.95 Å². The van der Waals surface area contributed by atoms with Gasteiger partial charge in [-0.1, -0.05) is 18.2 Å². The molecule has 1 atom stereocenters. The molecule has 1 aliphatic heterocycles. The lowest BCUT2D eigenvalue weighted by Gasteiger charge is -2.21. The summed E-state index contributed by atoms with van der Waals surface area (Å²) in [4.78, 5) is 35.8. The van der Waals surface area contributed by atoms with Gasteiger partial charge in [0.25, 0.3) is 5.91 Å². The fourth-order valence-electron chi connectivity index (χ4n) is 3.75. The van der Waals surface area contributed by atoms with Crippen LogP contribution in [0.2, 0.25) is 0 Å². The lowest BCUT2D eigenvalue weighted by atomic mass is 9.91. The predicted molar refractivity (Wildman–Crippen MR) is 125 cm³/mol. The number of thiazole rings is 1. The van der Waals surface area contributed by atoms with Crippen LogP contribution in [0.4, 0.5) is 11.8 Å². The number of aromatic nitrogens is 5. The highest BCUT2D eigenvalue weighted by atomic mass is 32.1. The van der Waals surface area contributed by atoms with Crippen molar-refractivity contribution >= 4 is 29.0 Å². The Bertz CT molecular complexity index is 1340. The average molecular weight is 460 g/mol. The monoisotopic (exact) mass is 459 g/mol. The maximum Gasteiger partial charge on any atom is 0.258 e. The zero-order valence-electron chi connectivity index (χ0n) is 18.1. The van der Waals surface area contributed by atoms with Gasteiger partial charge in [-0.2, -0.15) is 0 Å². The lowest BCUT2D eigenvalue weighted by molar-refractivity contribution is -0.143. The summed E-state index contributed by atoms with van der Waals surface area (Å²) in [6.45, 7) is 2.43. The van der Waals surface area contributed by atoms with Gasteiger partial charge in [-0.25, -0.2) is 24.9 Å². The quantitative estimate of drug-likeness (QED) is 0.467. The number of amides is 1. The molecule has 0 aliphatic carbocycles. The van der Waals surface area contributed by atoms with Crippen LogP contribution in [-0.4, -0.2) is 54.4 Å². The summed E-state index contributed by atoms with van der Waals surface area (Å²) in [5.41, 5.74) is 2.20. The number of rotatable bonds is 5. The van der Waals surface area contributed by atoms with Crippen LogP contribution >= 0.6 is 11.3 Å². The number of likely N-dealkylation sites (N-methyl/N-ethyl adjacent to an activating group) is 1. The van der Waals surface area contributed by atoms with Crippen LogP contribution in [0.5, 0.6) is 0 Å². The molecule has 1 amide bonds. The van der Waals surface area contributed by atoms with Crippen LogP contribution in [0.3, 0.4) is 0 Å². The van der Waals surface area contributed by atoms with E-state index in [1.807, 2.05) is 30.5 Å². The van der Waals surface area contributed by atoms with E-state index >= 15 is 0 Å². The van der Waals surface area contributed by atoms with Crippen molar-refractivity contribution in [1.29, 1.82) is 0 Å². The number of likely N-dealkylation sites (tertiary alicyclic amines) is 1. The van der Waals surface area contributed by atoms with E-state index < -0.39 is 5.60 Å². The largest absolute Gasteiger partial charge is 0.375 e. The molecular weight excluding hydrogens is 438 g/mol. The van der Waals surface area contributed by atoms with Gasteiger partial charge in [0.1, 0.15) is 22.8 Å². The summed E-state index contributed by atoms with van der Waals surface area (Å²) < 4.78 is 0. The summed E-state index contributed by atoms with van der Waals surface area (Å²) >= 11 is 1.47. The van der Waals surface area contributed by atoms with E-state index in [4.69, 9.17) is 4.98 Å². The molecular formula is C23H21N7O2S. The van der Waals surface area contributed by atoms with Gasteiger partial charge in [-0.3, -0.25) is 4.79 Å². The van der Waals surface area contributed by atoms with Crippen molar-refractivity contribution in [2.45, 2.75) is 18.9 Å². The van der Waals surface area contributed by atoms with E-state index in [2.05, 4.69) is 25.3 Å². The maximum atomic E-state index is 12.5. The lowest BCUT2D eigenvalue weighted by Crippen LogP contribution is -2.36. The van der Waals surface area contributed by atoms with E-state index in [9.17, 15) is 9.90 Å². The first-order valence-electron chi connectivity index (χ1n) is 10.4. The van der Waals surface area contributed by atoms with Crippen molar-refractivity contribution in [3.8, 4) is 22.0 Å². The summed E-state index contributed by atoms with van der Waals surface area (Å²) in [6.07, 6.45) is 5.22. The smallest absolute Gasteiger partial charge is 0.258 e. The van der Waals surface area contributed by atoms with Gasteiger partial charge < -0.3 is 15.3 Å². The molecule has 9 nitrogen and oxygen atoms in total. The molecule has 0 saturated carbocycles. The number of hydrogen-bond donors (Lipinski definition) is 2. The third-order valence-corrected chi connectivity index (χ3v) is 6.54. The van der Waals surface area contributed by atoms with Crippen molar-refractivity contribution in [2.24, 2.45) is 0 Å². The molecule has 1 fully saturated rings. The molecule has 0 radical (unpaired) electrons. The molecule has 5 rings (SSSR count). The molecule has 1 saturated heterocycles. The fourth-order valence-corrected chi connectivity index (χ4v) is 4.56. The number of aliphatic hydroxyl groups is 1. The second kappa shape index (κ2) is 8.30. The summed E-state index contributed by atoms with van der Waals surface area (Å²) in [7, 11) is 1.70. The number of carbonyl (C=O) groups excluding carboxylic acids is 1. The number of hydrogen-bond acceptors (Lipinski definition) is 9. The number of nitrogens with one attached hydrogen (secondary N) is 1. The molecule has 0 unspecified atom stereocenters. The van der Waals surface area contributed by atoms with Crippen molar-refractivity contribution in [2.75, 3.05) is 18.9 Å². The SMILES string of the molecule is Cc1cncnc1Nc1nccc(-c2csc(-c3cccc([C@]4(O)CCN(C)C4=O)c3)n2)n1. The molecule has 0 bridgehead atoms. The molecule has 1 aromatic carbocycles. The highest BCUT2D eigenvalue weighted by molar-refractivity contribution is 7.13. The Morgan fingerprint density at radius 2 is 2.06 bits per heavy atom. The minimum absolute atomic E-state index is 0.278. The Morgan fingerprint density at radius 1 is 1.18 bits per heavy atom. The van der Waals surface area contributed by atoms with Gasteiger partial charge >= 0.3 is 0 Å². The molecule has 10 heteroatoms. The summed E-state index contributed by atoms with van der Waals surface area (Å²) in [5, 5.41) is 16.8. The van der Waals surface area contributed by atoms with Gasteiger partial charge in [0.05, 0.1) is 5.69 Å². The van der Waals surface area contributed by atoms with Crippen molar-refractivity contribution in [1.82, 2.24) is 29.8 Å². The van der Waals surface area contributed by atoms with Crippen LogP contribution in [0.15, 0.2) is 54.4 Å². The van der Waals surface area contributed by atoms with Gasteiger partial charge in [0.15, 0.2) is 5.60 Å². The third kappa shape index (κ3) is 3.94. The Balaban J connectivity index is 1.42. The zero-order chi connectivity index (χ0) is 23.0. The van der Waals surface area contributed by atoms with E-state index in [1.54, 1.807) is 36.5 Å². The summed E-state index contributed by atoms with van der Waals surface area (Å²) in [6, 6.07) is 9.18. The topological polar surface area (TPSA) is 117 Å². The Morgan fingerprint density at radius 3 is 2.85 bits per heavy atom. The van der Waals surface area contributed by atoms with Crippen LogP contribution < -0.4 is 5.32 Å². The predicted octanol–water partition coefficient (Wildman–Crippen LogP) is 3.16. The molecule has 1 aliphatic rings. The van der Waals surface area contributed by atoms with Crippen molar-refractivity contribution in [3.63, 3.8) is 0 Å². The van der Waals surface area contributed by atoms with Crippen molar-refractivity contribution < 1.29 is 9.90 Å². The van der Waals surface area contributed by atoms with Gasteiger partial charge in [-0.15, -0.1) is 11.3 Å². The first kappa shape index (κ1) is 21.1. The van der Waals surface area contributed by atoms with Crippen LogP contribution in [-0.2, 0) is 10.4 Å². The number of aryl methyl sites for hydroxylation is 1. The Kier molecular flexibility index (Phi) is 5.31. The molecule has 4 heterocycles. The molecule has 0 spiro atoms. The van der Waals surface area contributed by atoms with Gasteiger partial charge in [0, 0.05) is 48.9 Å². The maximum absolute atomic E-state index is 12.5. The number of anilines is 2. The second-order valence-corrected chi connectivity index (χ2v) is 8.76. The highest BCUT2D eigenvalue weighted by Gasteiger charge is 2.45. The highest BCUT2D eigenvalue weighted by Crippen LogP contribution is 2.36. The average Bonchev–Trinajstić information content (AvgIpc) is 3.43. The van der Waals surface area contributed by atoms with E-state index in [0.717, 1.165) is 16.1 Å². The van der Waals surface area contributed by atoms with Crippen molar-refractivity contribution in [3.05, 3.63) is 65.6 Å². The number of carbonyl (C=O) groups is 1. The number of nitrogens with zero attached hydrogens (tertiary/aromatic N) is 6. The summed E-state index contributed by atoms with van der Waals surface area (Å²) in [5.74, 6) is 0.777. The fraction of sp³-hybridized carbons (Fsp3) is 0.217. The Hall–Kier alpha value is -3.76. The molecule has 3 aromatic heterocycles. The van der Waals surface area contributed by atoms with Crippen LogP contribution in [0.25, 0.3) is 22.0 Å². The Labute approximate surface area is 194 Å². The third-order valence-electron chi connectivity index (χ3n) is 5.64. The van der Waals surface area contributed by atoms with E-state index in [0.29, 0.717) is 41.7 Å². The van der Waals surface area contributed by atoms with Crippen LogP contribution in [0, 0.1) is 6.92 Å². The molecule has 166 valence electrons. The second-order valence-electron chi connectivity index (χ2n) is 7.90. The first-order chi connectivity index (χ1) is 15.9. The van der Waals surface area contributed by atoms with E-state index in [1.165, 1.54) is 17.7 Å². The first-order valence-corrected chi connectivity index (χ1v) is 11.2. The minimum atomic E-state index is -1.49. The van der Waals surface area contributed by atoms with E-state index in [-0.39, 0.29) is 5.91 Å². The number of benzene rings is 1. The minimum Gasteiger partial charge on any atom is -0.375 e. The molecule has 4 aromatic rings. The normalized spacial score (nSPS) is 18.0. The standard InChI is InChI=1S/C23H21N7O2S/c1-14-11-24-13-26-19(14)29-22-25-8-6-17(28-22)18-12-33-20(27-18)15-4-3-5-16(10-15)23(32)7-9-30(2)21(23)31/h3-6,8,10-13,32H,7,9H2,1-2H3,(H,24,25,26,28,29)/t23-/m1/s1. The molecule has 33 heavy (non-hydrogen) atoms. The van der Waals surface area contributed by atoms with Crippen LogP contribution in [0.1, 0.15) is 17.5 Å². The molecule has 2 N–H and O–H groups in total. The zero-order valence-corrected chi connectivity index (χ0v) is 18.9. The van der Waals surface area contributed by atoms with Gasteiger partial charge in [-0.05, 0) is 24.6 Å².